The molecule has 0 aromatic heterocycles. The molecule has 0 amide bonds. The fourth-order valence-corrected chi connectivity index (χ4v) is 1.24. The van der Waals surface area contributed by atoms with Gasteiger partial charge < -0.3 is 0 Å². The van der Waals surface area contributed by atoms with Crippen LogP contribution in [0.25, 0.3) is 11.1 Å². The summed E-state index contributed by atoms with van der Waals surface area (Å²) in [4.78, 5) is 0. The Bertz CT molecular complexity index is 449. The largest absolute Gasteiger partial charge is 0.192 e. The summed E-state index contributed by atoms with van der Waals surface area (Å²) >= 11 is 0. The third-order valence-electron chi connectivity index (χ3n) is 1.97. The molecular weight excluding hydrogens is 170 g/mol. The molecule has 2 radical (unpaired) electrons. The van der Waals surface area contributed by atoms with Crippen molar-refractivity contribution >= 4 is 0 Å². The monoisotopic (exact) mass is 177 g/mol. The van der Waals surface area contributed by atoms with Gasteiger partial charge in [-0.3, -0.25) is 0 Å². The Balaban J connectivity index is 2.40. The minimum atomic E-state index is 0.635. The second-order valence-corrected chi connectivity index (χ2v) is 2.89. The highest BCUT2D eigenvalue weighted by molar-refractivity contribution is 5.63. The van der Waals surface area contributed by atoms with Gasteiger partial charge in [-0.15, -0.1) is 0 Å². The van der Waals surface area contributed by atoms with E-state index in [1.165, 1.54) is 0 Å². The number of hydrogen-bond donors (Lipinski definition) is 0. The lowest BCUT2D eigenvalue weighted by Gasteiger charge is -1.99. The maximum Gasteiger partial charge on any atom is 0.0991 e. The molecule has 14 heavy (non-hydrogen) atoms. The minimum absolute atomic E-state index is 0.635. The van der Waals surface area contributed by atoms with Crippen molar-refractivity contribution in [3.05, 3.63) is 60.2 Å². The standard InChI is InChI=1S/C13H7N/c14-10-11-6-8-13(9-7-11)12-4-2-1-3-5-12/h2-8H. The lowest BCUT2D eigenvalue weighted by atomic mass is 10.0. The molecule has 0 aliphatic rings. The second kappa shape index (κ2) is 3.76. The molecule has 0 aliphatic carbocycles. The Hall–Kier alpha value is -2.07. The van der Waals surface area contributed by atoms with E-state index in [0.717, 1.165) is 11.1 Å². The van der Waals surface area contributed by atoms with Crippen LogP contribution in [0.3, 0.4) is 0 Å². The van der Waals surface area contributed by atoms with Crippen LogP contribution in [0.2, 0.25) is 0 Å². The molecule has 0 atom stereocenters. The predicted octanol–water partition coefficient (Wildman–Crippen LogP) is 2.83. The molecule has 0 spiro atoms. The van der Waals surface area contributed by atoms with Crippen molar-refractivity contribution in [2.45, 2.75) is 0 Å². The van der Waals surface area contributed by atoms with Crippen molar-refractivity contribution in [3.8, 4) is 17.2 Å². The van der Waals surface area contributed by atoms with Gasteiger partial charge in [-0.05, 0) is 35.4 Å². The van der Waals surface area contributed by atoms with Crippen molar-refractivity contribution < 1.29 is 0 Å². The van der Waals surface area contributed by atoms with Crippen LogP contribution in [0.4, 0.5) is 0 Å². The molecule has 1 heteroatoms. The summed E-state index contributed by atoms with van der Waals surface area (Å²) in [5.41, 5.74) is 2.72. The van der Waals surface area contributed by atoms with Crippen LogP contribution in [0.5, 0.6) is 0 Å². The van der Waals surface area contributed by atoms with E-state index in [0.29, 0.717) is 5.56 Å². The zero-order valence-corrected chi connectivity index (χ0v) is 7.49. The molecule has 0 aliphatic heterocycles. The van der Waals surface area contributed by atoms with Gasteiger partial charge in [0.05, 0.1) is 11.6 Å². The third-order valence-corrected chi connectivity index (χ3v) is 1.97. The fraction of sp³-hybridized carbons (Fsp3) is 0. The summed E-state index contributed by atoms with van der Waals surface area (Å²) in [7, 11) is 0. The van der Waals surface area contributed by atoms with Crippen molar-refractivity contribution in [2.24, 2.45) is 0 Å². The van der Waals surface area contributed by atoms with Crippen molar-refractivity contribution in [1.82, 2.24) is 0 Å². The number of rotatable bonds is 1. The van der Waals surface area contributed by atoms with E-state index >= 15 is 0 Å². The van der Waals surface area contributed by atoms with Crippen LogP contribution in [0.15, 0.2) is 42.5 Å². The molecule has 0 saturated carbocycles. The van der Waals surface area contributed by atoms with Gasteiger partial charge in [-0.25, -0.2) is 0 Å². The van der Waals surface area contributed by atoms with Gasteiger partial charge in [0.2, 0.25) is 0 Å². The first-order valence-corrected chi connectivity index (χ1v) is 4.28. The zero-order valence-electron chi connectivity index (χ0n) is 7.49. The average molecular weight is 177 g/mol. The van der Waals surface area contributed by atoms with E-state index in [9.17, 15) is 0 Å². The van der Waals surface area contributed by atoms with Crippen LogP contribution in [-0.4, -0.2) is 0 Å². The van der Waals surface area contributed by atoms with Crippen molar-refractivity contribution in [2.75, 3.05) is 0 Å². The van der Waals surface area contributed by atoms with Gasteiger partial charge in [0.1, 0.15) is 0 Å². The highest BCUT2D eigenvalue weighted by Gasteiger charge is 1.96. The molecule has 0 N–H and O–H groups in total. The zero-order chi connectivity index (χ0) is 9.80. The topological polar surface area (TPSA) is 23.8 Å². The maximum atomic E-state index is 8.62. The summed E-state index contributed by atoms with van der Waals surface area (Å²) in [6, 6.07) is 21.2. The SMILES string of the molecule is N#Cc1c[c]c(-c2cc[c]cc2)cc1. The first-order chi connectivity index (χ1) is 6.90. The normalized spacial score (nSPS) is 9.36. The maximum absolute atomic E-state index is 8.62. The van der Waals surface area contributed by atoms with E-state index in [4.69, 9.17) is 5.26 Å². The van der Waals surface area contributed by atoms with Gasteiger partial charge >= 0.3 is 0 Å². The Morgan fingerprint density at radius 3 is 2.43 bits per heavy atom. The van der Waals surface area contributed by atoms with Crippen molar-refractivity contribution in [3.63, 3.8) is 0 Å². The fourth-order valence-electron chi connectivity index (χ4n) is 1.24. The number of nitrogens with zero attached hydrogens (tertiary/aromatic N) is 1. The summed E-state index contributed by atoms with van der Waals surface area (Å²) in [5, 5.41) is 8.62. The molecule has 2 aromatic carbocycles. The molecular formula is C13H7N. The Morgan fingerprint density at radius 1 is 1.07 bits per heavy atom. The molecule has 2 rings (SSSR count). The summed E-state index contributed by atoms with van der Waals surface area (Å²) in [6.45, 7) is 0. The molecule has 2 aromatic rings. The molecule has 0 saturated heterocycles. The quantitative estimate of drug-likeness (QED) is 0.657. The van der Waals surface area contributed by atoms with E-state index in [-0.39, 0.29) is 0 Å². The summed E-state index contributed by atoms with van der Waals surface area (Å²) in [5.74, 6) is 0. The van der Waals surface area contributed by atoms with Crippen LogP contribution < -0.4 is 0 Å². The van der Waals surface area contributed by atoms with Gasteiger partial charge in [-0.2, -0.15) is 5.26 Å². The Labute approximate surface area is 83.2 Å². The van der Waals surface area contributed by atoms with Crippen LogP contribution >= 0.6 is 0 Å². The highest BCUT2D eigenvalue weighted by atomic mass is 14.2. The van der Waals surface area contributed by atoms with Crippen molar-refractivity contribution in [1.29, 1.82) is 5.26 Å². The third kappa shape index (κ3) is 1.65. The van der Waals surface area contributed by atoms with E-state index in [2.05, 4.69) is 18.2 Å². The van der Waals surface area contributed by atoms with E-state index in [1.54, 1.807) is 12.1 Å². The predicted molar refractivity (Wildman–Crippen MR) is 54.3 cm³/mol. The molecule has 0 bridgehead atoms. The van der Waals surface area contributed by atoms with Crippen LogP contribution in [-0.2, 0) is 0 Å². The van der Waals surface area contributed by atoms with Gasteiger partial charge in [0, 0.05) is 0 Å². The first-order valence-electron chi connectivity index (χ1n) is 4.28. The smallest absolute Gasteiger partial charge is 0.0991 e. The first kappa shape index (κ1) is 8.52. The molecule has 0 heterocycles. The molecule has 64 valence electrons. The number of benzene rings is 2. The summed E-state index contributed by atoms with van der Waals surface area (Å²) < 4.78 is 0. The molecule has 0 unspecified atom stereocenters. The molecule has 1 nitrogen and oxygen atoms in total. The molecule has 0 fully saturated rings. The lowest BCUT2D eigenvalue weighted by molar-refractivity contribution is 1.48. The van der Waals surface area contributed by atoms with Gasteiger partial charge in [0.25, 0.3) is 0 Å². The van der Waals surface area contributed by atoms with E-state index < -0.39 is 0 Å². The number of nitriles is 1. The average Bonchev–Trinajstić information content (AvgIpc) is 2.30. The summed E-state index contributed by atoms with van der Waals surface area (Å²) in [6.07, 6.45) is 0. The second-order valence-electron chi connectivity index (χ2n) is 2.89. The number of hydrogen-bond acceptors (Lipinski definition) is 1. The van der Waals surface area contributed by atoms with Crippen LogP contribution in [0, 0.1) is 23.5 Å². The van der Waals surface area contributed by atoms with Gasteiger partial charge in [-0.1, -0.05) is 30.3 Å². The Kier molecular flexibility index (Phi) is 2.29. The minimum Gasteiger partial charge on any atom is -0.192 e. The Morgan fingerprint density at radius 2 is 1.86 bits per heavy atom. The van der Waals surface area contributed by atoms with Crippen LogP contribution in [0.1, 0.15) is 5.56 Å². The van der Waals surface area contributed by atoms with E-state index in [1.807, 2.05) is 30.3 Å². The lowest BCUT2D eigenvalue weighted by Crippen LogP contribution is -1.78. The van der Waals surface area contributed by atoms with Gasteiger partial charge in [0.15, 0.2) is 0 Å². The highest BCUT2D eigenvalue weighted by Crippen LogP contribution is 2.17.